The van der Waals surface area contributed by atoms with Crippen LogP contribution in [0.4, 0.5) is 5.69 Å². The smallest absolute Gasteiger partial charge is 0.227 e. The van der Waals surface area contributed by atoms with Crippen LogP contribution in [0.25, 0.3) is 0 Å². The van der Waals surface area contributed by atoms with Gasteiger partial charge in [-0.15, -0.1) is 10.2 Å². The fraction of sp³-hybridized carbons (Fsp3) is 0.333. The number of carbonyl (C=O) groups is 2. The monoisotopic (exact) mass is 405 g/mol. The first-order valence-electron chi connectivity index (χ1n) is 8.20. The van der Waals surface area contributed by atoms with Crippen LogP contribution < -0.4 is 4.90 Å². The number of Topliss-reactive ketones (excluding diaryl/α,β-unsaturated/α-hetero) is 1. The van der Waals surface area contributed by atoms with Gasteiger partial charge in [0.1, 0.15) is 0 Å². The van der Waals surface area contributed by atoms with Crippen molar-refractivity contribution in [1.29, 1.82) is 0 Å². The summed E-state index contributed by atoms with van der Waals surface area (Å²) in [5.41, 5.74) is 2.51. The standard InChI is InChI=1S/C18H19N3O2S3/c1-12(2)10-24-17-19-20-18(26-17)25-11-15(22)13-5-3-6-14(9-13)21-8-4-7-16(21)23/h3,5-6,9H,1,4,7-8,10-11H2,2H3. The molecule has 0 unspecified atom stereocenters. The first kappa shape index (κ1) is 19.1. The van der Waals surface area contributed by atoms with Crippen LogP contribution in [0.2, 0.25) is 0 Å². The van der Waals surface area contributed by atoms with Crippen LogP contribution >= 0.6 is 34.9 Å². The third-order valence-electron chi connectivity index (χ3n) is 3.71. The second-order valence-electron chi connectivity index (χ2n) is 5.99. The van der Waals surface area contributed by atoms with Crippen LogP contribution in [0.5, 0.6) is 0 Å². The average Bonchev–Trinajstić information content (AvgIpc) is 3.26. The lowest BCUT2D eigenvalue weighted by atomic mass is 10.1. The van der Waals surface area contributed by atoms with Crippen molar-refractivity contribution in [2.75, 3.05) is 23.0 Å². The molecule has 0 spiro atoms. The van der Waals surface area contributed by atoms with Gasteiger partial charge in [-0.3, -0.25) is 9.59 Å². The molecule has 0 saturated carbocycles. The average molecular weight is 406 g/mol. The zero-order valence-electron chi connectivity index (χ0n) is 14.4. The van der Waals surface area contributed by atoms with E-state index in [0.29, 0.717) is 17.7 Å². The molecule has 0 aliphatic carbocycles. The molecule has 8 heteroatoms. The second-order valence-corrected chi connectivity index (χ2v) is 9.41. The van der Waals surface area contributed by atoms with Gasteiger partial charge in [0.2, 0.25) is 5.91 Å². The highest BCUT2D eigenvalue weighted by atomic mass is 32.2. The lowest BCUT2D eigenvalue weighted by molar-refractivity contribution is -0.117. The van der Waals surface area contributed by atoms with E-state index in [-0.39, 0.29) is 11.7 Å². The molecular weight excluding hydrogens is 386 g/mol. The minimum Gasteiger partial charge on any atom is -0.312 e. The summed E-state index contributed by atoms with van der Waals surface area (Å²) in [5, 5.41) is 8.25. The van der Waals surface area contributed by atoms with Crippen molar-refractivity contribution in [3.63, 3.8) is 0 Å². The summed E-state index contributed by atoms with van der Waals surface area (Å²) in [6.45, 7) is 6.57. The molecule has 1 amide bonds. The van der Waals surface area contributed by atoms with Crippen LogP contribution in [-0.4, -0.2) is 39.9 Å². The number of anilines is 1. The first-order chi connectivity index (χ1) is 12.5. The normalized spacial score (nSPS) is 14.0. The van der Waals surface area contributed by atoms with Gasteiger partial charge in [-0.25, -0.2) is 0 Å². The van der Waals surface area contributed by atoms with E-state index in [1.807, 2.05) is 19.1 Å². The van der Waals surface area contributed by atoms with Gasteiger partial charge in [0.25, 0.3) is 0 Å². The maximum atomic E-state index is 12.5. The molecule has 0 radical (unpaired) electrons. The van der Waals surface area contributed by atoms with E-state index < -0.39 is 0 Å². The predicted octanol–water partition coefficient (Wildman–Crippen LogP) is 4.31. The van der Waals surface area contributed by atoms with Gasteiger partial charge in [0.15, 0.2) is 14.5 Å². The molecule has 2 aromatic rings. The summed E-state index contributed by atoms with van der Waals surface area (Å²) in [7, 11) is 0. The Morgan fingerprint density at radius 1 is 1.27 bits per heavy atom. The molecule has 0 atom stereocenters. The third kappa shape index (κ3) is 4.96. The predicted molar refractivity (Wildman–Crippen MR) is 109 cm³/mol. The van der Waals surface area contributed by atoms with Gasteiger partial charge < -0.3 is 4.90 Å². The maximum Gasteiger partial charge on any atom is 0.227 e. The Morgan fingerprint density at radius 2 is 2.00 bits per heavy atom. The third-order valence-corrected chi connectivity index (χ3v) is 7.13. The zero-order valence-corrected chi connectivity index (χ0v) is 16.9. The number of ketones is 1. The molecule has 26 heavy (non-hydrogen) atoms. The highest BCUT2D eigenvalue weighted by Crippen LogP contribution is 2.30. The molecule has 1 aromatic heterocycles. The molecule has 1 fully saturated rings. The van der Waals surface area contributed by atoms with E-state index in [1.54, 1.807) is 28.8 Å². The Kier molecular flexibility index (Phi) is 6.50. The molecule has 1 saturated heterocycles. The van der Waals surface area contributed by atoms with Crippen molar-refractivity contribution in [2.24, 2.45) is 0 Å². The van der Waals surface area contributed by atoms with Gasteiger partial charge in [0, 0.05) is 30.0 Å². The summed E-state index contributed by atoms with van der Waals surface area (Å²) in [4.78, 5) is 26.1. The molecule has 1 aliphatic rings. The van der Waals surface area contributed by atoms with Crippen molar-refractivity contribution in [2.45, 2.75) is 28.4 Å². The number of hydrogen-bond acceptors (Lipinski definition) is 7. The largest absolute Gasteiger partial charge is 0.312 e. The Labute approximate surface area is 165 Å². The number of carbonyl (C=O) groups excluding carboxylic acids is 2. The van der Waals surface area contributed by atoms with Crippen LogP contribution in [0.15, 0.2) is 45.1 Å². The molecule has 136 valence electrons. The van der Waals surface area contributed by atoms with E-state index in [1.165, 1.54) is 23.1 Å². The molecule has 0 bridgehead atoms. The van der Waals surface area contributed by atoms with Gasteiger partial charge in [-0.05, 0) is 25.5 Å². The van der Waals surface area contributed by atoms with Gasteiger partial charge >= 0.3 is 0 Å². The summed E-state index contributed by atoms with van der Waals surface area (Å²) in [6, 6.07) is 7.31. The number of hydrogen-bond donors (Lipinski definition) is 0. The number of thioether (sulfide) groups is 2. The van der Waals surface area contributed by atoms with E-state index >= 15 is 0 Å². The lowest BCUT2D eigenvalue weighted by Crippen LogP contribution is -2.23. The van der Waals surface area contributed by atoms with E-state index in [2.05, 4.69) is 16.8 Å². The number of amides is 1. The molecule has 3 rings (SSSR count). The maximum absolute atomic E-state index is 12.5. The molecular formula is C18H19N3O2S3. The minimum absolute atomic E-state index is 0.0230. The van der Waals surface area contributed by atoms with Gasteiger partial charge in [-0.2, -0.15) is 0 Å². The van der Waals surface area contributed by atoms with Crippen LogP contribution in [0, 0.1) is 0 Å². The van der Waals surface area contributed by atoms with Crippen molar-refractivity contribution in [1.82, 2.24) is 10.2 Å². The van der Waals surface area contributed by atoms with E-state index in [0.717, 1.165) is 38.7 Å². The van der Waals surface area contributed by atoms with Gasteiger partial charge in [0.05, 0.1) is 5.75 Å². The molecule has 5 nitrogen and oxygen atoms in total. The molecule has 1 aliphatic heterocycles. The van der Waals surface area contributed by atoms with Crippen LogP contribution in [-0.2, 0) is 4.79 Å². The zero-order chi connectivity index (χ0) is 18.5. The summed E-state index contributed by atoms with van der Waals surface area (Å²) >= 11 is 4.50. The lowest BCUT2D eigenvalue weighted by Gasteiger charge is -2.16. The SMILES string of the molecule is C=C(C)CSc1nnc(SCC(=O)c2cccc(N3CCCC3=O)c2)s1. The number of benzene rings is 1. The van der Waals surface area contributed by atoms with Crippen molar-refractivity contribution in [3.8, 4) is 0 Å². The fourth-order valence-corrected chi connectivity index (χ4v) is 5.24. The fourth-order valence-electron chi connectivity index (χ4n) is 2.48. The van der Waals surface area contributed by atoms with Gasteiger partial charge in [-0.1, -0.05) is 59.1 Å². The number of nitrogens with zero attached hydrogens (tertiary/aromatic N) is 3. The summed E-state index contributed by atoms with van der Waals surface area (Å²) in [5.74, 6) is 1.27. The van der Waals surface area contributed by atoms with E-state index in [9.17, 15) is 9.59 Å². The highest BCUT2D eigenvalue weighted by Gasteiger charge is 2.22. The van der Waals surface area contributed by atoms with Crippen molar-refractivity contribution < 1.29 is 9.59 Å². The van der Waals surface area contributed by atoms with E-state index in [4.69, 9.17) is 0 Å². The van der Waals surface area contributed by atoms with Crippen molar-refractivity contribution >= 4 is 52.2 Å². The Hall–Kier alpha value is -1.64. The first-order valence-corrected chi connectivity index (χ1v) is 11.0. The molecule has 1 aromatic carbocycles. The number of aromatic nitrogens is 2. The highest BCUT2D eigenvalue weighted by molar-refractivity contribution is 8.03. The summed E-state index contributed by atoms with van der Waals surface area (Å²) in [6.07, 6.45) is 1.45. The molecule has 2 heterocycles. The Bertz CT molecular complexity index is 835. The summed E-state index contributed by atoms with van der Waals surface area (Å²) < 4.78 is 1.67. The topological polar surface area (TPSA) is 63.2 Å². The van der Waals surface area contributed by atoms with Crippen LogP contribution in [0.1, 0.15) is 30.1 Å². The second kappa shape index (κ2) is 8.83. The quantitative estimate of drug-likeness (QED) is 0.370. The van der Waals surface area contributed by atoms with Crippen molar-refractivity contribution in [3.05, 3.63) is 42.0 Å². The number of rotatable bonds is 8. The Morgan fingerprint density at radius 3 is 2.65 bits per heavy atom. The minimum atomic E-state index is 0.0230. The Balaban J connectivity index is 1.58. The van der Waals surface area contributed by atoms with Crippen LogP contribution in [0.3, 0.4) is 0 Å². The molecule has 0 N–H and O–H groups in total.